The van der Waals surface area contributed by atoms with Gasteiger partial charge in [0.05, 0.1) is 34.0 Å². The number of aliphatic hydroxyl groups is 1. The van der Waals surface area contributed by atoms with Gasteiger partial charge in [0.25, 0.3) is 7.82 Å². The van der Waals surface area contributed by atoms with E-state index in [1.807, 2.05) is 27.2 Å². The fraction of sp³-hybridized carbons (Fsp3) is 0.923. The highest BCUT2D eigenvalue weighted by atomic mass is 31.2. The number of phosphoric ester groups is 1. The van der Waals surface area contributed by atoms with Gasteiger partial charge in [-0.3, -0.25) is 4.57 Å². The molecule has 204 valence electrons. The summed E-state index contributed by atoms with van der Waals surface area (Å²) in [5, 5.41) is 9.80. The molecule has 0 amide bonds. The highest BCUT2D eigenvalue weighted by Gasteiger charge is 2.15. The maximum Gasteiger partial charge on any atom is 0.268 e. The quantitative estimate of drug-likeness (QED) is 0.0710. The first-order chi connectivity index (χ1) is 16.2. The standard InChI is InChI=1S/C26H54NO6P/c1-5-6-7-8-9-10-11-12-13-14-15-16-17-18-19-20-22-31-24-26(28)25-33-34(29,30)32-23-21-27(2,3)4/h20,22,26,28H,5-19,21,23-25H2,1-4H3/b22-20-/t26-/m1/s1. The van der Waals surface area contributed by atoms with Crippen molar-refractivity contribution in [2.24, 2.45) is 0 Å². The van der Waals surface area contributed by atoms with Gasteiger partial charge in [0.15, 0.2) is 0 Å². The third-order valence-electron chi connectivity index (χ3n) is 5.64. The van der Waals surface area contributed by atoms with Gasteiger partial charge in [0.1, 0.15) is 25.9 Å². The summed E-state index contributed by atoms with van der Waals surface area (Å²) in [5.74, 6) is 0. The van der Waals surface area contributed by atoms with Gasteiger partial charge in [-0.2, -0.15) is 0 Å². The Kier molecular flexibility index (Phi) is 21.5. The van der Waals surface area contributed by atoms with Gasteiger partial charge in [0, 0.05) is 0 Å². The number of hydrogen-bond donors (Lipinski definition) is 1. The predicted molar refractivity (Wildman–Crippen MR) is 138 cm³/mol. The molecular weight excluding hydrogens is 453 g/mol. The average molecular weight is 508 g/mol. The van der Waals surface area contributed by atoms with Gasteiger partial charge in [-0.05, 0) is 18.9 Å². The molecule has 0 heterocycles. The van der Waals surface area contributed by atoms with E-state index in [1.165, 1.54) is 83.5 Å². The molecule has 1 N–H and O–H groups in total. The van der Waals surface area contributed by atoms with E-state index in [0.29, 0.717) is 11.0 Å². The molecule has 0 radical (unpaired) electrons. The number of rotatable bonds is 25. The van der Waals surface area contributed by atoms with E-state index in [9.17, 15) is 14.6 Å². The van der Waals surface area contributed by atoms with Crippen LogP contribution in [0.4, 0.5) is 0 Å². The molecule has 0 rings (SSSR count). The van der Waals surface area contributed by atoms with E-state index in [-0.39, 0.29) is 19.8 Å². The summed E-state index contributed by atoms with van der Waals surface area (Å²) < 4.78 is 27.0. The maximum absolute atomic E-state index is 11.7. The fourth-order valence-corrected chi connectivity index (χ4v) is 4.18. The third kappa shape index (κ3) is 26.2. The molecule has 0 aliphatic heterocycles. The minimum absolute atomic E-state index is 0.0197. The van der Waals surface area contributed by atoms with Crippen LogP contribution in [0.15, 0.2) is 12.3 Å². The lowest BCUT2D eigenvalue weighted by Gasteiger charge is -2.27. The summed E-state index contributed by atoms with van der Waals surface area (Å²) >= 11 is 0. The van der Waals surface area contributed by atoms with Crippen molar-refractivity contribution in [1.29, 1.82) is 0 Å². The van der Waals surface area contributed by atoms with Crippen LogP contribution in [-0.4, -0.2) is 63.2 Å². The second kappa shape index (κ2) is 21.8. The van der Waals surface area contributed by atoms with Gasteiger partial charge in [-0.15, -0.1) is 0 Å². The zero-order valence-corrected chi connectivity index (χ0v) is 23.4. The van der Waals surface area contributed by atoms with Crippen molar-refractivity contribution in [1.82, 2.24) is 0 Å². The third-order valence-corrected chi connectivity index (χ3v) is 6.61. The van der Waals surface area contributed by atoms with Crippen LogP contribution in [-0.2, 0) is 18.3 Å². The maximum atomic E-state index is 11.7. The molecule has 34 heavy (non-hydrogen) atoms. The van der Waals surface area contributed by atoms with Gasteiger partial charge < -0.3 is 28.3 Å². The minimum Gasteiger partial charge on any atom is -0.756 e. The number of nitrogens with zero attached hydrogens (tertiary/aromatic N) is 1. The monoisotopic (exact) mass is 507 g/mol. The van der Waals surface area contributed by atoms with Crippen molar-refractivity contribution in [3.8, 4) is 0 Å². The lowest BCUT2D eigenvalue weighted by molar-refractivity contribution is -0.870. The smallest absolute Gasteiger partial charge is 0.268 e. The number of likely N-dealkylation sites (N-methyl/N-ethyl adjacent to an activating group) is 1. The SMILES string of the molecule is CCCCCCCCCCCCCCCC/C=C\OC[C@@H](O)COP(=O)([O-])OCC[N+](C)(C)C. The van der Waals surface area contributed by atoms with E-state index < -0.39 is 13.9 Å². The molecule has 0 saturated carbocycles. The molecule has 0 saturated heterocycles. The number of aliphatic hydroxyl groups excluding tert-OH is 1. The number of unbranched alkanes of at least 4 members (excludes halogenated alkanes) is 14. The molecule has 0 aromatic rings. The number of ether oxygens (including phenoxy) is 1. The summed E-state index contributed by atoms with van der Waals surface area (Å²) in [6, 6.07) is 0. The summed E-state index contributed by atoms with van der Waals surface area (Å²) in [5.41, 5.74) is 0. The van der Waals surface area contributed by atoms with Crippen molar-refractivity contribution in [2.75, 3.05) is 47.5 Å². The molecule has 7 nitrogen and oxygen atoms in total. The molecule has 0 aliphatic rings. The average Bonchev–Trinajstić information content (AvgIpc) is 2.76. The molecule has 0 spiro atoms. The van der Waals surface area contributed by atoms with Gasteiger partial charge in [0.2, 0.25) is 0 Å². The predicted octanol–water partition coefficient (Wildman–Crippen LogP) is 5.96. The van der Waals surface area contributed by atoms with Crippen molar-refractivity contribution < 1.29 is 32.8 Å². The minimum atomic E-state index is -4.40. The van der Waals surface area contributed by atoms with E-state index >= 15 is 0 Å². The van der Waals surface area contributed by atoms with E-state index in [2.05, 4.69) is 6.92 Å². The Morgan fingerprint density at radius 2 is 1.32 bits per heavy atom. The van der Waals surface area contributed by atoms with Crippen molar-refractivity contribution in [3.63, 3.8) is 0 Å². The fourth-order valence-electron chi connectivity index (χ4n) is 3.45. The first-order valence-electron chi connectivity index (χ1n) is 13.5. The van der Waals surface area contributed by atoms with E-state index in [1.54, 1.807) is 6.26 Å². The number of quaternary nitrogens is 1. The highest BCUT2D eigenvalue weighted by molar-refractivity contribution is 7.45. The van der Waals surface area contributed by atoms with Gasteiger partial charge in [-0.1, -0.05) is 90.4 Å². The van der Waals surface area contributed by atoms with Crippen LogP contribution in [0.5, 0.6) is 0 Å². The van der Waals surface area contributed by atoms with E-state index in [4.69, 9.17) is 13.8 Å². The Hall–Kier alpha value is -0.430. The second-order valence-corrected chi connectivity index (χ2v) is 11.7. The van der Waals surface area contributed by atoms with Crippen molar-refractivity contribution in [3.05, 3.63) is 12.3 Å². The zero-order valence-electron chi connectivity index (χ0n) is 22.5. The largest absolute Gasteiger partial charge is 0.756 e. The number of hydrogen-bond acceptors (Lipinski definition) is 6. The lowest BCUT2D eigenvalue weighted by Crippen LogP contribution is -2.37. The Bertz CT molecular complexity index is 524. The molecule has 0 bridgehead atoms. The molecule has 0 aliphatic carbocycles. The summed E-state index contributed by atoms with van der Waals surface area (Å²) in [4.78, 5) is 11.7. The topological polar surface area (TPSA) is 88.0 Å². The molecule has 2 atom stereocenters. The van der Waals surface area contributed by atoms with Gasteiger partial charge >= 0.3 is 0 Å². The molecular formula is C26H54NO6P. The second-order valence-electron chi connectivity index (χ2n) is 10.3. The Labute approximate surface area is 210 Å². The molecule has 8 heteroatoms. The zero-order chi connectivity index (χ0) is 25.5. The molecule has 1 unspecified atom stereocenters. The summed E-state index contributed by atoms with van der Waals surface area (Å²) in [6.07, 6.45) is 22.3. The van der Waals surface area contributed by atoms with Crippen LogP contribution in [0.25, 0.3) is 0 Å². The first kappa shape index (κ1) is 33.6. The lowest BCUT2D eigenvalue weighted by atomic mass is 10.0. The molecule has 0 aromatic heterocycles. The number of phosphoric acid groups is 1. The Morgan fingerprint density at radius 1 is 0.824 bits per heavy atom. The summed E-state index contributed by atoms with van der Waals surface area (Å²) in [6.45, 7) is 2.44. The van der Waals surface area contributed by atoms with Crippen molar-refractivity contribution in [2.45, 2.75) is 109 Å². The Morgan fingerprint density at radius 3 is 1.82 bits per heavy atom. The van der Waals surface area contributed by atoms with Crippen molar-refractivity contribution >= 4 is 7.82 Å². The summed E-state index contributed by atoms with van der Waals surface area (Å²) in [7, 11) is 1.41. The van der Waals surface area contributed by atoms with Gasteiger partial charge in [-0.25, -0.2) is 0 Å². The highest BCUT2D eigenvalue weighted by Crippen LogP contribution is 2.38. The van der Waals surface area contributed by atoms with Crippen LogP contribution in [0.1, 0.15) is 103 Å². The Balaban J connectivity index is 3.46. The van der Waals surface area contributed by atoms with Crippen LogP contribution in [0, 0.1) is 0 Å². The van der Waals surface area contributed by atoms with Crippen LogP contribution < -0.4 is 4.89 Å². The normalized spacial score (nSPS) is 15.0. The van der Waals surface area contributed by atoms with Crippen LogP contribution in [0.2, 0.25) is 0 Å². The first-order valence-corrected chi connectivity index (χ1v) is 15.0. The van der Waals surface area contributed by atoms with Crippen LogP contribution in [0.3, 0.4) is 0 Å². The van der Waals surface area contributed by atoms with E-state index in [0.717, 1.165) is 12.8 Å². The van der Waals surface area contributed by atoms with Crippen LogP contribution >= 0.6 is 7.82 Å². The molecule has 0 aromatic carbocycles. The number of allylic oxidation sites excluding steroid dienone is 1. The molecule has 0 fully saturated rings.